The summed E-state index contributed by atoms with van der Waals surface area (Å²) in [4.78, 5) is 2.69. The Morgan fingerprint density at radius 2 is 1.95 bits per heavy atom. The summed E-state index contributed by atoms with van der Waals surface area (Å²) < 4.78 is 13.1. The van der Waals surface area contributed by atoms with Crippen LogP contribution in [0.2, 0.25) is 0 Å². The number of allylic oxidation sites excluding steroid dienone is 1. The number of hydrogen-bond acceptors (Lipinski definition) is 5. The smallest absolute Gasteiger partial charge is 0.0787 e. The topological polar surface area (TPSA) is 62.2 Å². The normalized spacial score (nSPS) is 56.2. The SMILES string of the molecule is C[C@H]1C[C@H]2O[C@]3(CC[C@H]4C5CCC6=C[C@@H](O)CC[C@]6(C)[C@H]5CC45CC53C)[C@H](C)[C@@H]2N(CCOCCO)C1. The van der Waals surface area contributed by atoms with Gasteiger partial charge in [-0.1, -0.05) is 39.3 Å². The van der Waals surface area contributed by atoms with Crippen LogP contribution in [0.1, 0.15) is 85.5 Å². The molecule has 5 aliphatic carbocycles. The monoisotopic (exact) mass is 513 g/mol. The maximum Gasteiger partial charge on any atom is 0.0787 e. The van der Waals surface area contributed by atoms with Crippen LogP contribution in [-0.2, 0) is 9.47 Å². The largest absolute Gasteiger partial charge is 0.394 e. The van der Waals surface area contributed by atoms with Gasteiger partial charge in [0.05, 0.1) is 37.6 Å². The van der Waals surface area contributed by atoms with Crippen molar-refractivity contribution in [1.82, 2.24) is 4.90 Å². The van der Waals surface area contributed by atoms with E-state index in [1.165, 1.54) is 51.4 Å². The molecule has 0 aromatic carbocycles. The molecule has 0 amide bonds. The van der Waals surface area contributed by atoms with Gasteiger partial charge in [-0.25, -0.2) is 0 Å². The van der Waals surface area contributed by atoms with Gasteiger partial charge in [-0.3, -0.25) is 4.90 Å². The van der Waals surface area contributed by atoms with Gasteiger partial charge in [0.25, 0.3) is 0 Å². The number of ether oxygens (including phenoxy) is 2. The Hall–Kier alpha value is -0.460. The first kappa shape index (κ1) is 25.5. The minimum absolute atomic E-state index is 0.0168. The van der Waals surface area contributed by atoms with Gasteiger partial charge in [0.2, 0.25) is 0 Å². The summed E-state index contributed by atoms with van der Waals surface area (Å²) in [5.41, 5.74) is 2.68. The minimum atomic E-state index is -0.216. The van der Waals surface area contributed by atoms with E-state index in [9.17, 15) is 5.11 Å². The summed E-state index contributed by atoms with van der Waals surface area (Å²) in [6, 6.07) is 0.496. The molecule has 7 rings (SSSR count). The summed E-state index contributed by atoms with van der Waals surface area (Å²) in [5.74, 6) is 3.74. The molecule has 2 N–H and O–H groups in total. The lowest BCUT2D eigenvalue weighted by Gasteiger charge is -2.50. The Bertz CT molecular complexity index is 953. The summed E-state index contributed by atoms with van der Waals surface area (Å²) in [6.07, 6.45) is 13.6. The fourth-order valence-corrected chi connectivity index (χ4v) is 12.1. The van der Waals surface area contributed by atoms with Crippen molar-refractivity contribution in [2.24, 2.45) is 45.8 Å². The zero-order valence-electron chi connectivity index (χ0n) is 23.8. The standard InChI is InChI=1S/C32H51NO4/c1-20-15-27-28(33(18-20)11-13-36-14-12-34)21(2)32(37-27)10-8-25-24-6-5-22-16-23(35)7-9-29(22,3)26(24)17-31(25)19-30(31,32)4/h16,20-21,23-28,34-35H,5-15,17-19H2,1-4H3/t20-,21+,23-,24?,25-,26-,27+,28-,29-,30?,31?,32+/m0/s1. The predicted molar refractivity (Wildman–Crippen MR) is 144 cm³/mol. The molecule has 0 aromatic rings. The number of aliphatic hydroxyl groups is 2. The van der Waals surface area contributed by atoms with Crippen LogP contribution < -0.4 is 0 Å². The molecule has 0 radical (unpaired) electrons. The fraction of sp³-hybridized carbons (Fsp3) is 0.938. The number of hydrogen-bond donors (Lipinski definition) is 2. The van der Waals surface area contributed by atoms with E-state index in [1.807, 2.05) is 0 Å². The van der Waals surface area contributed by atoms with Gasteiger partial charge in [-0.15, -0.1) is 0 Å². The molecule has 5 heteroatoms. The summed E-state index contributed by atoms with van der Waals surface area (Å²) >= 11 is 0. The van der Waals surface area contributed by atoms with Gasteiger partial charge in [0.1, 0.15) is 0 Å². The quantitative estimate of drug-likeness (QED) is 0.408. The van der Waals surface area contributed by atoms with E-state index in [1.54, 1.807) is 5.57 Å². The van der Waals surface area contributed by atoms with Gasteiger partial charge in [-0.2, -0.15) is 0 Å². The zero-order valence-corrected chi connectivity index (χ0v) is 23.8. The van der Waals surface area contributed by atoms with Crippen LogP contribution in [0.5, 0.6) is 0 Å². The number of nitrogens with zero attached hydrogens (tertiary/aromatic N) is 1. The summed E-state index contributed by atoms with van der Waals surface area (Å²) in [5, 5.41) is 19.5. The van der Waals surface area contributed by atoms with Crippen LogP contribution in [0.15, 0.2) is 11.6 Å². The molecule has 5 nitrogen and oxygen atoms in total. The molecule has 37 heavy (non-hydrogen) atoms. The highest BCUT2D eigenvalue weighted by Gasteiger charge is 2.84. The second kappa shape index (κ2) is 8.52. The second-order valence-corrected chi connectivity index (χ2v) is 15.0. The Morgan fingerprint density at radius 1 is 1.11 bits per heavy atom. The Balaban J connectivity index is 1.16. The van der Waals surface area contributed by atoms with Crippen LogP contribution in [0.25, 0.3) is 0 Å². The number of piperidine rings is 1. The molecule has 2 heterocycles. The van der Waals surface area contributed by atoms with Crippen molar-refractivity contribution in [3.8, 4) is 0 Å². The van der Waals surface area contributed by atoms with Crippen molar-refractivity contribution in [2.75, 3.05) is 32.9 Å². The second-order valence-electron chi connectivity index (χ2n) is 15.0. The van der Waals surface area contributed by atoms with E-state index in [2.05, 4.69) is 38.7 Å². The summed E-state index contributed by atoms with van der Waals surface area (Å²) in [7, 11) is 0. The van der Waals surface area contributed by atoms with Crippen LogP contribution in [0.4, 0.5) is 0 Å². The van der Waals surface area contributed by atoms with Gasteiger partial charge in [0.15, 0.2) is 0 Å². The molecular weight excluding hydrogens is 462 g/mol. The number of aliphatic hydroxyl groups excluding tert-OH is 2. The predicted octanol–water partition coefficient (Wildman–Crippen LogP) is 4.80. The minimum Gasteiger partial charge on any atom is -0.394 e. The van der Waals surface area contributed by atoms with Crippen LogP contribution in [0, 0.1) is 45.8 Å². The molecule has 6 fully saturated rings. The summed E-state index contributed by atoms with van der Waals surface area (Å²) in [6.45, 7) is 13.5. The van der Waals surface area contributed by atoms with Crippen molar-refractivity contribution in [1.29, 1.82) is 0 Å². The van der Waals surface area contributed by atoms with E-state index in [4.69, 9.17) is 14.6 Å². The maximum atomic E-state index is 10.4. The maximum absolute atomic E-state index is 10.4. The van der Waals surface area contributed by atoms with E-state index in [0.29, 0.717) is 53.4 Å². The fourth-order valence-electron chi connectivity index (χ4n) is 12.1. The third-order valence-corrected chi connectivity index (χ3v) is 13.7. The molecule has 0 aromatic heterocycles. The Labute approximate surface area is 224 Å². The first-order chi connectivity index (χ1) is 17.7. The highest BCUT2D eigenvalue weighted by atomic mass is 16.5. The van der Waals surface area contributed by atoms with Gasteiger partial charge < -0.3 is 19.7 Å². The molecular formula is C32H51NO4. The molecule has 4 saturated carbocycles. The Kier molecular flexibility index (Phi) is 5.87. The number of likely N-dealkylation sites (tertiary alicyclic amines) is 1. The molecule has 12 atom stereocenters. The highest BCUT2D eigenvalue weighted by Crippen LogP contribution is 2.87. The van der Waals surface area contributed by atoms with Crippen LogP contribution in [-0.4, -0.2) is 71.9 Å². The van der Waals surface area contributed by atoms with E-state index in [0.717, 1.165) is 37.3 Å². The third-order valence-electron chi connectivity index (χ3n) is 13.7. The average Bonchev–Trinajstić information content (AvgIpc) is 3.20. The van der Waals surface area contributed by atoms with E-state index >= 15 is 0 Å². The van der Waals surface area contributed by atoms with Crippen molar-refractivity contribution < 1.29 is 19.7 Å². The van der Waals surface area contributed by atoms with Crippen LogP contribution in [0.3, 0.4) is 0 Å². The van der Waals surface area contributed by atoms with Gasteiger partial charge >= 0.3 is 0 Å². The van der Waals surface area contributed by atoms with Crippen molar-refractivity contribution in [3.05, 3.63) is 11.6 Å². The van der Waals surface area contributed by atoms with Gasteiger partial charge in [-0.05, 0) is 92.3 Å². The number of rotatable bonds is 5. The molecule has 2 saturated heterocycles. The molecule has 3 unspecified atom stereocenters. The molecule has 7 aliphatic rings. The lowest BCUT2D eigenvalue weighted by Crippen LogP contribution is -2.55. The molecule has 2 spiro atoms. The first-order valence-corrected chi connectivity index (χ1v) is 15.7. The van der Waals surface area contributed by atoms with Crippen molar-refractivity contribution in [2.45, 2.75) is 109 Å². The third kappa shape index (κ3) is 3.27. The Morgan fingerprint density at radius 3 is 2.76 bits per heavy atom. The first-order valence-electron chi connectivity index (χ1n) is 15.7. The number of fused-ring (bicyclic) bond motifs is 6. The van der Waals surface area contributed by atoms with Gasteiger partial charge in [0, 0.05) is 30.5 Å². The molecule has 2 aliphatic heterocycles. The molecule has 0 bridgehead atoms. The molecule has 208 valence electrons. The highest BCUT2D eigenvalue weighted by molar-refractivity contribution is 5.35. The average molecular weight is 514 g/mol. The van der Waals surface area contributed by atoms with E-state index < -0.39 is 0 Å². The lowest BCUT2D eigenvalue weighted by atomic mass is 9.56. The van der Waals surface area contributed by atoms with Crippen molar-refractivity contribution >= 4 is 0 Å². The van der Waals surface area contributed by atoms with E-state index in [-0.39, 0.29) is 18.3 Å². The lowest BCUT2D eigenvalue weighted by molar-refractivity contribution is -0.148. The van der Waals surface area contributed by atoms with Crippen molar-refractivity contribution in [3.63, 3.8) is 0 Å². The zero-order chi connectivity index (χ0) is 25.8. The van der Waals surface area contributed by atoms with Crippen LogP contribution >= 0.6 is 0 Å².